The van der Waals surface area contributed by atoms with Crippen LogP contribution in [0.3, 0.4) is 0 Å². The smallest absolute Gasteiger partial charge is 0.211 e. The van der Waals surface area contributed by atoms with Gasteiger partial charge in [-0.1, -0.05) is 23.7 Å². The van der Waals surface area contributed by atoms with Gasteiger partial charge < -0.3 is 0 Å². The van der Waals surface area contributed by atoms with Crippen LogP contribution in [0.5, 0.6) is 0 Å². The molecular formula is C25H16ClF2N3S. The molecule has 0 bridgehead atoms. The van der Waals surface area contributed by atoms with Crippen molar-refractivity contribution < 1.29 is 8.78 Å². The van der Waals surface area contributed by atoms with E-state index in [-0.39, 0.29) is 11.6 Å². The Balaban J connectivity index is 1.67. The number of rotatable bonds is 4. The Morgan fingerprint density at radius 2 is 1.34 bits per heavy atom. The summed E-state index contributed by atoms with van der Waals surface area (Å²) < 4.78 is 28.8. The van der Waals surface area contributed by atoms with Gasteiger partial charge in [0, 0.05) is 32.7 Å². The maximum Gasteiger partial charge on any atom is 0.211 e. The van der Waals surface area contributed by atoms with Crippen LogP contribution in [0.1, 0.15) is 5.56 Å². The first kappa shape index (κ1) is 20.5. The average Bonchev–Trinajstić information content (AvgIpc) is 3.41. The van der Waals surface area contributed by atoms with Gasteiger partial charge in [-0.3, -0.25) is 0 Å². The normalized spacial score (nSPS) is 11.1. The molecular weight excluding hydrogens is 448 g/mol. The first-order valence-corrected chi connectivity index (χ1v) is 11.1. The third kappa shape index (κ3) is 3.83. The second kappa shape index (κ2) is 8.30. The van der Waals surface area contributed by atoms with Crippen LogP contribution in [-0.4, -0.2) is 14.8 Å². The van der Waals surface area contributed by atoms with Crippen molar-refractivity contribution in [1.82, 2.24) is 14.8 Å². The van der Waals surface area contributed by atoms with E-state index < -0.39 is 0 Å². The van der Waals surface area contributed by atoms with E-state index in [1.54, 1.807) is 28.9 Å². The fourth-order valence-corrected chi connectivity index (χ4v) is 4.49. The van der Waals surface area contributed by atoms with E-state index in [1.165, 1.54) is 35.6 Å². The van der Waals surface area contributed by atoms with Crippen molar-refractivity contribution in [3.63, 3.8) is 0 Å². The summed E-state index contributed by atoms with van der Waals surface area (Å²) in [6.45, 7) is 1.95. The van der Waals surface area contributed by atoms with Gasteiger partial charge in [-0.05, 0) is 67.6 Å². The third-order valence-electron chi connectivity index (χ3n) is 5.17. The number of hydrogen-bond acceptors (Lipinski definition) is 3. The van der Waals surface area contributed by atoms with E-state index in [2.05, 4.69) is 0 Å². The quantitative estimate of drug-likeness (QED) is 0.275. The lowest BCUT2D eigenvalue weighted by Gasteiger charge is -2.06. The van der Waals surface area contributed by atoms with Crippen LogP contribution >= 0.6 is 22.9 Å². The van der Waals surface area contributed by atoms with Crippen LogP contribution in [0.2, 0.25) is 5.02 Å². The highest BCUT2D eigenvalue weighted by Gasteiger charge is 2.21. The summed E-state index contributed by atoms with van der Waals surface area (Å²) in [7, 11) is 0. The molecule has 0 saturated carbocycles. The third-order valence-corrected chi connectivity index (χ3v) is 6.24. The lowest BCUT2D eigenvalue weighted by molar-refractivity contribution is 0.627. The summed E-state index contributed by atoms with van der Waals surface area (Å²) in [5.74, 6) is -0.618. The number of halogens is 3. The molecule has 7 heteroatoms. The average molecular weight is 464 g/mol. The highest BCUT2D eigenvalue weighted by molar-refractivity contribution is 7.12. The Bertz CT molecular complexity index is 1390. The summed E-state index contributed by atoms with van der Waals surface area (Å²) in [6, 6.07) is 20.0. The van der Waals surface area contributed by atoms with E-state index in [1.807, 2.05) is 36.6 Å². The predicted octanol–water partition coefficient (Wildman–Crippen LogP) is 7.57. The predicted molar refractivity (Wildman–Crippen MR) is 125 cm³/mol. The Kier molecular flexibility index (Phi) is 5.33. The maximum atomic E-state index is 13.6. The standard InChI is InChI=1S/C25H16ClF2N3S/c1-15-23(17-4-10-20(27)11-5-17)30-31(24(15)18-6-12-21(28)13-7-18)25-29-22(14-32-25)16-2-8-19(26)9-3-16/h2-14H,1H3. The molecule has 0 aliphatic rings. The summed E-state index contributed by atoms with van der Waals surface area (Å²) in [5, 5.41) is 8.12. The molecule has 0 amide bonds. The fourth-order valence-electron chi connectivity index (χ4n) is 3.58. The van der Waals surface area contributed by atoms with Gasteiger partial charge in [0.05, 0.1) is 17.1 Å². The van der Waals surface area contributed by atoms with Gasteiger partial charge in [0.2, 0.25) is 5.13 Å². The number of hydrogen-bond donors (Lipinski definition) is 0. The molecule has 2 aromatic heterocycles. The molecule has 32 heavy (non-hydrogen) atoms. The van der Waals surface area contributed by atoms with Gasteiger partial charge in [0.15, 0.2) is 0 Å². The first-order valence-electron chi connectivity index (χ1n) is 9.83. The number of nitrogens with zero attached hydrogens (tertiary/aromatic N) is 3. The lowest BCUT2D eigenvalue weighted by Crippen LogP contribution is -1.99. The highest BCUT2D eigenvalue weighted by Crippen LogP contribution is 2.35. The molecule has 0 fully saturated rings. The SMILES string of the molecule is Cc1c(-c2ccc(F)cc2)nn(-c2nc(-c3ccc(Cl)cc3)cs2)c1-c1ccc(F)cc1. The van der Waals surface area contributed by atoms with E-state index in [0.29, 0.717) is 15.8 Å². The van der Waals surface area contributed by atoms with Crippen LogP contribution in [-0.2, 0) is 0 Å². The van der Waals surface area contributed by atoms with Gasteiger partial charge in [-0.25, -0.2) is 18.4 Å². The summed E-state index contributed by atoms with van der Waals surface area (Å²) in [6.07, 6.45) is 0. The fraction of sp³-hybridized carbons (Fsp3) is 0.0400. The second-order valence-corrected chi connectivity index (χ2v) is 8.54. The van der Waals surface area contributed by atoms with Gasteiger partial charge in [0.25, 0.3) is 0 Å². The number of benzene rings is 3. The van der Waals surface area contributed by atoms with Crippen LogP contribution in [0.25, 0.3) is 38.9 Å². The molecule has 0 aliphatic heterocycles. The minimum atomic E-state index is -0.310. The molecule has 3 nitrogen and oxygen atoms in total. The molecule has 0 saturated heterocycles. The molecule has 0 N–H and O–H groups in total. The number of aromatic nitrogens is 3. The lowest BCUT2D eigenvalue weighted by atomic mass is 10.0. The molecule has 3 aromatic carbocycles. The maximum absolute atomic E-state index is 13.6. The van der Waals surface area contributed by atoms with Crippen molar-refractivity contribution in [2.45, 2.75) is 6.92 Å². The molecule has 158 valence electrons. The Morgan fingerprint density at radius 1 is 0.781 bits per heavy atom. The van der Waals surface area contributed by atoms with Crippen LogP contribution < -0.4 is 0 Å². The van der Waals surface area contributed by atoms with E-state index in [9.17, 15) is 8.78 Å². The molecule has 5 rings (SSSR count). The monoisotopic (exact) mass is 463 g/mol. The summed E-state index contributed by atoms with van der Waals surface area (Å²) >= 11 is 7.46. The molecule has 2 heterocycles. The topological polar surface area (TPSA) is 30.7 Å². The van der Waals surface area contributed by atoms with Gasteiger partial charge in [-0.2, -0.15) is 5.10 Å². The molecule has 0 spiro atoms. The van der Waals surface area contributed by atoms with Crippen molar-refractivity contribution in [1.29, 1.82) is 0 Å². The molecule has 5 aromatic rings. The highest BCUT2D eigenvalue weighted by atomic mass is 35.5. The number of thiazole rings is 1. The largest absolute Gasteiger partial charge is 0.218 e. The summed E-state index contributed by atoms with van der Waals surface area (Å²) in [4.78, 5) is 4.79. The Morgan fingerprint density at radius 3 is 1.97 bits per heavy atom. The van der Waals surface area contributed by atoms with Crippen LogP contribution in [0, 0.1) is 18.6 Å². The zero-order valence-corrected chi connectivity index (χ0v) is 18.5. The van der Waals surface area contributed by atoms with Crippen LogP contribution in [0.15, 0.2) is 78.2 Å². The van der Waals surface area contributed by atoms with Crippen molar-refractivity contribution in [2.24, 2.45) is 0 Å². The molecule has 0 unspecified atom stereocenters. The zero-order chi connectivity index (χ0) is 22.2. The molecule has 0 aliphatic carbocycles. The summed E-state index contributed by atoms with van der Waals surface area (Å²) in [5.41, 5.74) is 5.78. The van der Waals surface area contributed by atoms with Gasteiger partial charge >= 0.3 is 0 Å². The van der Waals surface area contributed by atoms with Crippen molar-refractivity contribution >= 4 is 22.9 Å². The van der Waals surface area contributed by atoms with Gasteiger partial charge in [0.1, 0.15) is 11.6 Å². The van der Waals surface area contributed by atoms with Gasteiger partial charge in [-0.15, -0.1) is 11.3 Å². The minimum absolute atomic E-state index is 0.308. The van der Waals surface area contributed by atoms with E-state index in [4.69, 9.17) is 21.7 Å². The Hall–Kier alpha value is -3.35. The van der Waals surface area contributed by atoms with E-state index >= 15 is 0 Å². The minimum Gasteiger partial charge on any atom is -0.218 e. The van der Waals surface area contributed by atoms with Crippen LogP contribution in [0.4, 0.5) is 8.78 Å². The molecule has 0 atom stereocenters. The second-order valence-electron chi connectivity index (χ2n) is 7.27. The zero-order valence-electron chi connectivity index (χ0n) is 16.9. The van der Waals surface area contributed by atoms with Crippen molar-refractivity contribution in [2.75, 3.05) is 0 Å². The molecule has 0 radical (unpaired) electrons. The van der Waals surface area contributed by atoms with Crippen molar-refractivity contribution in [3.05, 3.63) is 100 Å². The first-order chi connectivity index (χ1) is 15.5. The Labute approximate surface area is 192 Å². The van der Waals surface area contributed by atoms with Crippen molar-refractivity contribution in [3.8, 4) is 38.9 Å². The van der Waals surface area contributed by atoms with E-state index in [0.717, 1.165) is 33.6 Å².